The fourth-order valence-electron chi connectivity index (χ4n) is 2.21. The van der Waals surface area contributed by atoms with Crippen molar-refractivity contribution in [2.24, 2.45) is 0 Å². The largest absolute Gasteiger partial charge is 0.496 e. The topological polar surface area (TPSA) is 48.4 Å². The van der Waals surface area contributed by atoms with Gasteiger partial charge in [-0.2, -0.15) is 0 Å². The summed E-state index contributed by atoms with van der Waals surface area (Å²) in [4.78, 5) is 15.6. The van der Waals surface area contributed by atoms with Gasteiger partial charge < -0.3 is 9.47 Å². The Morgan fingerprint density at radius 3 is 2.83 bits per heavy atom. The first-order chi connectivity index (χ1) is 11.7. The van der Waals surface area contributed by atoms with Gasteiger partial charge in [-0.25, -0.2) is 4.98 Å². The van der Waals surface area contributed by atoms with Gasteiger partial charge >= 0.3 is 0 Å². The van der Waals surface area contributed by atoms with Gasteiger partial charge in [0.25, 0.3) is 0 Å². The molecule has 0 bridgehead atoms. The van der Waals surface area contributed by atoms with Crippen molar-refractivity contribution in [2.45, 2.75) is 6.61 Å². The van der Waals surface area contributed by atoms with E-state index < -0.39 is 0 Å². The lowest BCUT2D eigenvalue weighted by atomic mass is 10.2. The maximum absolute atomic E-state index is 11.0. The number of para-hydroxylation sites is 1. The molecule has 0 fully saturated rings. The monoisotopic (exact) mass is 403 g/mol. The number of carbonyl (C=O) groups excluding carboxylic acids is 1. The minimum Gasteiger partial charge on any atom is -0.496 e. The van der Waals surface area contributed by atoms with Crippen molar-refractivity contribution in [3.8, 4) is 22.1 Å². The number of aldehydes is 1. The zero-order valence-corrected chi connectivity index (χ0v) is 15.3. The molecule has 3 rings (SSSR count). The molecule has 2 aromatic carbocycles. The summed E-state index contributed by atoms with van der Waals surface area (Å²) in [7, 11) is 1.64. The number of aromatic nitrogens is 1. The van der Waals surface area contributed by atoms with Gasteiger partial charge in [-0.15, -0.1) is 11.3 Å². The molecule has 0 amide bonds. The van der Waals surface area contributed by atoms with Gasteiger partial charge in [-0.1, -0.05) is 28.1 Å². The van der Waals surface area contributed by atoms with Gasteiger partial charge in [0.1, 0.15) is 23.1 Å². The van der Waals surface area contributed by atoms with E-state index in [1.54, 1.807) is 25.3 Å². The van der Waals surface area contributed by atoms with E-state index in [1.807, 2.05) is 29.6 Å². The maximum Gasteiger partial charge on any atom is 0.153 e. The molecule has 3 aromatic rings. The Labute approximate surface area is 152 Å². The molecule has 0 saturated carbocycles. The van der Waals surface area contributed by atoms with Crippen LogP contribution in [-0.4, -0.2) is 18.4 Å². The molecule has 0 aliphatic heterocycles. The number of hydrogen-bond acceptors (Lipinski definition) is 5. The van der Waals surface area contributed by atoms with Crippen LogP contribution in [-0.2, 0) is 6.61 Å². The van der Waals surface area contributed by atoms with Crippen LogP contribution in [0.4, 0.5) is 0 Å². The molecule has 24 heavy (non-hydrogen) atoms. The fourth-order valence-corrected chi connectivity index (χ4v) is 3.39. The molecule has 0 aliphatic rings. The van der Waals surface area contributed by atoms with Gasteiger partial charge in [-0.3, -0.25) is 4.79 Å². The van der Waals surface area contributed by atoms with Gasteiger partial charge in [-0.05, 0) is 30.3 Å². The van der Waals surface area contributed by atoms with Crippen molar-refractivity contribution in [3.05, 3.63) is 63.6 Å². The second-order valence-corrected chi connectivity index (χ2v) is 6.71. The van der Waals surface area contributed by atoms with Crippen molar-refractivity contribution in [1.29, 1.82) is 0 Å². The summed E-state index contributed by atoms with van der Waals surface area (Å²) < 4.78 is 12.1. The van der Waals surface area contributed by atoms with Crippen molar-refractivity contribution < 1.29 is 14.3 Å². The van der Waals surface area contributed by atoms with Crippen LogP contribution in [0.15, 0.2) is 52.3 Å². The summed E-state index contributed by atoms with van der Waals surface area (Å²) in [6.07, 6.45) is 0.786. The highest BCUT2D eigenvalue weighted by atomic mass is 79.9. The predicted octanol–water partition coefficient (Wildman–Crippen LogP) is 4.97. The van der Waals surface area contributed by atoms with E-state index in [2.05, 4.69) is 20.9 Å². The van der Waals surface area contributed by atoms with E-state index in [0.29, 0.717) is 17.9 Å². The van der Waals surface area contributed by atoms with Crippen molar-refractivity contribution in [1.82, 2.24) is 4.98 Å². The van der Waals surface area contributed by atoms with Crippen LogP contribution >= 0.6 is 27.3 Å². The molecule has 0 radical (unpaired) electrons. The minimum absolute atomic E-state index is 0.303. The maximum atomic E-state index is 11.0. The van der Waals surface area contributed by atoms with Crippen molar-refractivity contribution in [2.75, 3.05) is 7.11 Å². The summed E-state index contributed by atoms with van der Waals surface area (Å²) in [5.41, 5.74) is 2.26. The van der Waals surface area contributed by atoms with Gasteiger partial charge in [0, 0.05) is 9.85 Å². The molecular formula is C18H14BrNO3S. The minimum atomic E-state index is 0.303. The van der Waals surface area contributed by atoms with Crippen LogP contribution in [0, 0.1) is 0 Å². The Morgan fingerprint density at radius 2 is 2.04 bits per heavy atom. The van der Waals surface area contributed by atoms with Gasteiger partial charge in [0.05, 0.1) is 23.9 Å². The number of carbonyl (C=O) groups is 1. The number of nitrogens with zero attached hydrogens (tertiary/aromatic N) is 1. The Balaban J connectivity index is 1.79. The Morgan fingerprint density at radius 1 is 1.21 bits per heavy atom. The van der Waals surface area contributed by atoms with Gasteiger partial charge in [0.15, 0.2) is 6.29 Å². The van der Waals surface area contributed by atoms with Crippen LogP contribution in [0.5, 0.6) is 11.5 Å². The van der Waals surface area contributed by atoms with E-state index in [-0.39, 0.29) is 0 Å². The number of rotatable bonds is 6. The van der Waals surface area contributed by atoms with E-state index >= 15 is 0 Å². The van der Waals surface area contributed by atoms with Crippen LogP contribution in [0.25, 0.3) is 10.6 Å². The third-order valence-electron chi connectivity index (χ3n) is 3.37. The number of methoxy groups -OCH3 is 1. The highest BCUT2D eigenvalue weighted by Gasteiger charge is 2.12. The molecule has 122 valence electrons. The molecule has 1 heterocycles. The molecule has 6 heteroatoms. The van der Waals surface area contributed by atoms with Crippen LogP contribution in [0.3, 0.4) is 0 Å². The van der Waals surface area contributed by atoms with Crippen LogP contribution in [0.2, 0.25) is 0 Å². The van der Waals surface area contributed by atoms with E-state index in [1.165, 1.54) is 11.3 Å². The number of halogens is 1. The Bertz CT molecular complexity index is 863. The van der Waals surface area contributed by atoms with E-state index in [0.717, 1.165) is 32.8 Å². The molecule has 0 atom stereocenters. The Hall–Kier alpha value is -2.18. The summed E-state index contributed by atoms with van der Waals surface area (Å²) >= 11 is 4.99. The zero-order valence-electron chi connectivity index (χ0n) is 12.9. The molecule has 0 unspecified atom stereocenters. The molecular weight excluding hydrogens is 390 g/mol. The van der Waals surface area contributed by atoms with Crippen molar-refractivity contribution in [3.63, 3.8) is 0 Å². The summed E-state index contributed by atoms with van der Waals surface area (Å²) in [6, 6.07) is 12.9. The summed E-state index contributed by atoms with van der Waals surface area (Å²) in [6.45, 7) is 0.303. The highest BCUT2D eigenvalue weighted by Crippen LogP contribution is 2.34. The SMILES string of the molecule is COc1ccc(Br)cc1-c1nc(COc2ccccc2C=O)cs1. The first-order valence-electron chi connectivity index (χ1n) is 7.16. The number of hydrogen-bond donors (Lipinski definition) is 0. The Kier molecular flexibility index (Phi) is 5.27. The second-order valence-electron chi connectivity index (χ2n) is 4.93. The average Bonchev–Trinajstić information content (AvgIpc) is 3.09. The number of thiazole rings is 1. The molecule has 0 N–H and O–H groups in total. The van der Waals surface area contributed by atoms with Crippen molar-refractivity contribution >= 4 is 33.6 Å². The molecule has 0 saturated heterocycles. The predicted molar refractivity (Wildman–Crippen MR) is 98.0 cm³/mol. The van der Waals surface area contributed by atoms with Crippen LogP contribution < -0.4 is 9.47 Å². The fraction of sp³-hybridized carbons (Fsp3) is 0.111. The number of benzene rings is 2. The smallest absolute Gasteiger partial charge is 0.153 e. The summed E-state index contributed by atoms with van der Waals surface area (Å²) in [5.74, 6) is 1.33. The molecule has 1 aromatic heterocycles. The molecule has 4 nitrogen and oxygen atoms in total. The van der Waals surface area contributed by atoms with Crippen LogP contribution in [0.1, 0.15) is 16.1 Å². The van der Waals surface area contributed by atoms with E-state index in [9.17, 15) is 4.79 Å². The standard InChI is InChI=1S/C18H14BrNO3S/c1-22-17-7-6-13(19)8-15(17)18-20-14(11-24-18)10-23-16-5-3-2-4-12(16)9-21/h2-9,11H,10H2,1H3. The normalized spacial score (nSPS) is 10.4. The molecule has 0 spiro atoms. The summed E-state index contributed by atoms with van der Waals surface area (Å²) in [5, 5.41) is 2.80. The molecule has 0 aliphatic carbocycles. The third kappa shape index (κ3) is 3.66. The zero-order chi connectivity index (χ0) is 16.9. The lowest BCUT2D eigenvalue weighted by Crippen LogP contribution is -1.98. The average molecular weight is 404 g/mol. The third-order valence-corrected chi connectivity index (χ3v) is 4.78. The quantitative estimate of drug-likeness (QED) is 0.544. The number of ether oxygens (including phenoxy) is 2. The highest BCUT2D eigenvalue weighted by molar-refractivity contribution is 9.10. The first kappa shape index (κ1) is 16.7. The second kappa shape index (κ2) is 7.59. The first-order valence-corrected chi connectivity index (χ1v) is 8.84. The van der Waals surface area contributed by atoms with E-state index in [4.69, 9.17) is 9.47 Å². The lowest BCUT2D eigenvalue weighted by Gasteiger charge is -2.07. The van der Waals surface area contributed by atoms with Gasteiger partial charge in [0.2, 0.25) is 0 Å². The lowest BCUT2D eigenvalue weighted by molar-refractivity contribution is 0.111.